The van der Waals surface area contributed by atoms with Crippen LogP contribution in [0.5, 0.6) is 23.0 Å². The summed E-state index contributed by atoms with van der Waals surface area (Å²) >= 11 is 6.30. The number of carbonyl (C=O) groups is 1. The Balaban J connectivity index is 1.90. The fourth-order valence-corrected chi connectivity index (χ4v) is 3.53. The van der Waals surface area contributed by atoms with Gasteiger partial charge in [0.2, 0.25) is 5.75 Å². The van der Waals surface area contributed by atoms with Gasteiger partial charge in [0.1, 0.15) is 17.4 Å². The van der Waals surface area contributed by atoms with Crippen LogP contribution >= 0.6 is 11.6 Å². The molecule has 3 aromatic rings. The van der Waals surface area contributed by atoms with Gasteiger partial charge < -0.3 is 19.5 Å². The zero-order valence-electron chi connectivity index (χ0n) is 20.3. The number of methoxy groups -OCH3 is 1. The fourth-order valence-electron chi connectivity index (χ4n) is 3.27. The number of nitrogens with one attached hydrogen (secondary N) is 1. The smallest absolute Gasteiger partial charge is 0.416 e. The minimum Gasteiger partial charge on any atom is -0.494 e. The molecule has 0 heterocycles. The maximum Gasteiger partial charge on any atom is 0.416 e. The molecule has 0 atom stereocenters. The lowest BCUT2D eigenvalue weighted by molar-refractivity contribution is -0.385. The number of hydrogen-bond donors (Lipinski definition) is 1. The van der Waals surface area contributed by atoms with E-state index in [0.717, 1.165) is 6.07 Å². The standard InChI is InChI=1S/C26H19ClF3N3O6/c1-3-38-19-7-5-18(6-8-19)32-25(34)16(14-31)10-15-11-20(27)24(23(12-15)37-2)39-22-9-4-17(26(28,29)30)13-21(22)33(35)36/h4-13H,3H2,1-2H3,(H,32,34)/b16-10+. The van der Waals surface area contributed by atoms with E-state index in [9.17, 15) is 33.3 Å². The molecule has 3 rings (SSSR count). The SMILES string of the molecule is CCOc1ccc(NC(=O)/C(C#N)=C/c2cc(Cl)c(Oc3ccc(C(F)(F)F)cc3[N+](=O)[O-])c(OC)c2)cc1. The lowest BCUT2D eigenvalue weighted by Gasteiger charge is -2.14. The number of carbonyl (C=O) groups excluding carboxylic acids is 1. The summed E-state index contributed by atoms with van der Waals surface area (Å²) in [5, 5.41) is 23.3. The van der Waals surface area contributed by atoms with Gasteiger partial charge in [-0.05, 0) is 67.1 Å². The molecule has 13 heteroatoms. The van der Waals surface area contributed by atoms with Gasteiger partial charge in [-0.1, -0.05) is 11.6 Å². The third-order valence-electron chi connectivity index (χ3n) is 5.05. The van der Waals surface area contributed by atoms with Crippen LogP contribution in [0, 0.1) is 21.4 Å². The van der Waals surface area contributed by atoms with E-state index < -0.39 is 34.0 Å². The van der Waals surface area contributed by atoms with Crippen LogP contribution in [0.2, 0.25) is 5.02 Å². The highest BCUT2D eigenvalue weighted by Gasteiger charge is 2.33. The molecule has 0 aliphatic carbocycles. The normalized spacial score (nSPS) is 11.4. The van der Waals surface area contributed by atoms with Crippen molar-refractivity contribution in [2.45, 2.75) is 13.1 Å². The molecule has 39 heavy (non-hydrogen) atoms. The number of amides is 1. The minimum absolute atomic E-state index is 0.0628. The topological polar surface area (TPSA) is 124 Å². The molecule has 0 fully saturated rings. The van der Waals surface area contributed by atoms with Crippen molar-refractivity contribution in [1.29, 1.82) is 5.26 Å². The molecule has 0 aliphatic heterocycles. The van der Waals surface area contributed by atoms with Crippen molar-refractivity contribution in [2.75, 3.05) is 19.0 Å². The Morgan fingerprint density at radius 3 is 2.41 bits per heavy atom. The van der Waals surface area contributed by atoms with Gasteiger partial charge in [0.15, 0.2) is 11.5 Å². The predicted octanol–water partition coefficient (Wildman–Crippen LogP) is 7.01. The van der Waals surface area contributed by atoms with Crippen LogP contribution in [0.1, 0.15) is 18.1 Å². The molecule has 0 spiro atoms. The summed E-state index contributed by atoms with van der Waals surface area (Å²) in [5.74, 6) is -0.901. The van der Waals surface area contributed by atoms with Crippen LogP contribution < -0.4 is 19.5 Å². The predicted molar refractivity (Wildman–Crippen MR) is 136 cm³/mol. The number of anilines is 1. The quantitative estimate of drug-likeness (QED) is 0.129. The summed E-state index contributed by atoms with van der Waals surface area (Å²) < 4.78 is 55.1. The van der Waals surface area contributed by atoms with E-state index in [4.69, 9.17) is 25.8 Å². The third-order valence-corrected chi connectivity index (χ3v) is 5.33. The average Bonchev–Trinajstić information content (AvgIpc) is 2.89. The van der Waals surface area contributed by atoms with Gasteiger partial charge >= 0.3 is 11.9 Å². The Hall–Kier alpha value is -4.76. The molecule has 3 aromatic carbocycles. The minimum atomic E-state index is -4.80. The molecule has 0 aliphatic rings. The second-order valence-electron chi connectivity index (χ2n) is 7.65. The fraction of sp³-hybridized carbons (Fsp3) is 0.154. The van der Waals surface area contributed by atoms with E-state index >= 15 is 0 Å². The molecule has 1 amide bonds. The van der Waals surface area contributed by atoms with Crippen molar-refractivity contribution in [2.24, 2.45) is 0 Å². The second kappa shape index (κ2) is 12.2. The number of nitro groups is 1. The molecule has 0 saturated heterocycles. The van der Waals surface area contributed by atoms with Crippen molar-refractivity contribution in [3.05, 3.63) is 86.4 Å². The maximum absolute atomic E-state index is 13.0. The molecular formula is C26H19ClF3N3O6. The highest BCUT2D eigenvalue weighted by Crippen LogP contribution is 2.43. The highest BCUT2D eigenvalue weighted by atomic mass is 35.5. The first-order valence-corrected chi connectivity index (χ1v) is 11.4. The summed E-state index contributed by atoms with van der Waals surface area (Å²) in [4.78, 5) is 23.0. The van der Waals surface area contributed by atoms with E-state index in [2.05, 4.69) is 5.32 Å². The molecule has 202 valence electrons. The van der Waals surface area contributed by atoms with Crippen molar-refractivity contribution in [1.82, 2.24) is 0 Å². The summed E-state index contributed by atoms with van der Waals surface area (Å²) in [6.45, 7) is 2.31. The summed E-state index contributed by atoms with van der Waals surface area (Å²) in [6.07, 6.45) is -3.58. The number of rotatable bonds is 9. The molecule has 9 nitrogen and oxygen atoms in total. The molecule has 0 unspecified atom stereocenters. The first-order chi connectivity index (χ1) is 18.5. The molecule has 0 aromatic heterocycles. The van der Waals surface area contributed by atoms with Crippen LogP contribution in [-0.2, 0) is 11.0 Å². The number of nitriles is 1. The maximum atomic E-state index is 13.0. The van der Waals surface area contributed by atoms with Gasteiger partial charge in [-0.25, -0.2) is 0 Å². The number of nitrogens with zero attached hydrogens (tertiary/aromatic N) is 2. The van der Waals surface area contributed by atoms with Crippen molar-refractivity contribution >= 4 is 35.0 Å². The van der Waals surface area contributed by atoms with Crippen molar-refractivity contribution in [3.63, 3.8) is 0 Å². The van der Waals surface area contributed by atoms with E-state index in [1.165, 1.54) is 25.3 Å². The van der Waals surface area contributed by atoms with Crippen LogP contribution in [0.25, 0.3) is 6.08 Å². The number of halogens is 4. The van der Waals surface area contributed by atoms with E-state index in [0.29, 0.717) is 30.2 Å². The second-order valence-corrected chi connectivity index (χ2v) is 8.06. The Morgan fingerprint density at radius 2 is 1.85 bits per heavy atom. The monoisotopic (exact) mass is 561 g/mol. The van der Waals surface area contributed by atoms with E-state index in [-0.39, 0.29) is 27.7 Å². The lowest BCUT2D eigenvalue weighted by Crippen LogP contribution is -2.13. The first kappa shape index (κ1) is 28.8. The van der Waals surface area contributed by atoms with Gasteiger partial charge in [0.05, 0.1) is 29.2 Å². The van der Waals surface area contributed by atoms with Crippen LogP contribution in [-0.4, -0.2) is 24.5 Å². The number of nitro benzene ring substituents is 1. The molecule has 0 radical (unpaired) electrons. The molecule has 0 saturated carbocycles. The van der Waals surface area contributed by atoms with Gasteiger partial charge in [-0.2, -0.15) is 18.4 Å². The van der Waals surface area contributed by atoms with Crippen LogP contribution in [0.4, 0.5) is 24.5 Å². The van der Waals surface area contributed by atoms with Crippen molar-refractivity contribution in [3.8, 4) is 29.1 Å². The Labute approximate surface area is 225 Å². The molecular weight excluding hydrogens is 543 g/mol. The van der Waals surface area contributed by atoms with Gasteiger partial charge in [-0.15, -0.1) is 0 Å². The Kier molecular flexibility index (Phi) is 9.00. The molecule has 1 N–H and O–H groups in total. The lowest BCUT2D eigenvalue weighted by atomic mass is 10.1. The first-order valence-electron chi connectivity index (χ1n) is 11.0. The highest BCUT2D eigenvalue weighted by molar-refractivity contribution is 6.32. The van der Waals surface area contributed by atoms with E-state index in [1.54, 1.807) is 30.3 Å². The zero-order chi connectivity index (χ0) is 28.7. The molecule has 0 bridgehead atoms. The largest absolute Gasteiger partial charge is 0.494 e. The number of benzene rings is 3. The van der Waals surface area contributed by atoms with E-state index in [1.807, 2.05) is 6.92 Å². The average molecular weight is 562 g/mol. The van der Waals surface area contributed by atoms with Crippen LogP contribution in [0.15, 0.2) is 60.2 Å². The Morgan fingerprint density at radius 1 is 1.15 bits per heavy atom. The summed E-state index contributed by atoms with van der Waals surface area (Å²) in [7, 11) is 1.23. The Bertz CT molecular complexity index is 1470. The third kappa shape index (κ3) is 7.18. The zero-order valence-corrected chi connectivity index (χ0v) is 21.1. The summed E-state index contributed by atoms with van der Waals surface area (Å²) in [6, 6.07) is 12.7. The van der Waals surface area contributed by atoms with Gasteiger partial charge in [0.25, 0.3) is 5.91 Å². The van der Waals surface area contributed by atoms with Gasteiger partial charge in [0, 0.05) is 11.8 Å². The van der Waals surface area contributed by atoms with Crippen LogP contribution in [0.3, 0.4) is 0 Å². The number of alkyl halides is 3. The van der Waals surface area contributed by atoms with Gasteiger partial charge in [-0.3, -0.25) is 14.9 Å². The number of ether oxygens (including phenoxy) is 3. The summed E-state index contributed by atoms with van der Waals surface area (Å²) in [5.41, 5.74) is -1.79. The number of hydrogen-bond acceptors (Lipinski definition) is 7. The van der Waals surface area contributed by atoms with Crippen molar-refractivity contribution < 1.29 is 37.1 Å².